The number of aliphatic hydroxyl groups is 1. The molecule has 0 aliphatic rings. The van der Waals surface area contributed by atoms with Crippen molar-refractivity contribution in [2.75, 3.05) is 19.7 Å². The van der Waals surface area contributed by atoms with Crippen molar-refractivity contribution < 1.29 is 23.1 Å². The Morgan fingerprint density at radius 2 is 2.16 bits per heavy atom. The van der Waals surface area contributed by atoms with Gasteiger partial charge in [-0.05, 0) is 6.42 Å². The summed E-state index contributed by atoms with van der Waals surface area (Å²) in [5.41, 5.74) is 0. The lowest BCUT2D eigenvalue weighted by atomic mass is 10.3. The van der Waals surface area contributed by atoms with Crippen molar-refractivity contribution in [2.45, 2.75) is 25.9 Å². The van der Waals surface area contributed by atoms with E-state index < -0.39 is 31.8 Å². The Morgan fingerprint density at radius 3 is 2.68 bits per heavy atom. The molecule has 0 saturated carbocycles. The van der Waals surface area contributed by atoms with Gasteiger partial charge in [-0.25, -0.2) is 4.98 Å². The zero-order valence-corrected chi connectivity index (χ0v) is 10.4. The van der Waals surface area contributed by atoms with Gasteiger partial charge in [0.25, 0.3) is 5.91 Å². The van der Waals surface area contributed by atoms with Crippen molar-refractivity contribution in [3.8, 4) is 0 Å². The molecule has 1 heterocycles. The quantitative estimate of drug-likeness (QED) is 0.805. The molecule has 2 N–H and O–H groups in total. The normalized spacial score (nSPS) is 11.6. The number of H-pyrrole nitrogens is 1. The second kappa shape index (κ2) is 6.50. The first kappa shape index (κ1) is 15.4. The van der Waals surface area contributed by atoms with E-state index in [1.165, 1.54) is 0 Å². The molecule has 0 aliphatic carbocycles. The minimum absolute atomic E-state index is 0.318. The van der Waals surface area contributed by atoms with Gasteiger partial charge in [0, 0.05) is 13.0 Å². The molecule has 0 aliphatic heterocycles. The maximum atomic E-state index is 12.3. The van der Waals surface area contributed by atoms with E-state index >= 15 is 0 Å². The second-order valence-electron chi connectivity index (χ2n) is 3.92. The average molecular weight is 280 g/mol. The summed E-state index contributed by atoms with van der Waals surface area (Å²) in [5, 5.41) is 14.8. The van der Waals surface area contributed by atoms with Crippen molar-refractivity contribution in [3.05, 3.63) is 11.6 Å². The highest BCUT2D eigenvalue weighted by molar-refractivity contribution is 5.90. The Morgan fingerprint density at radius 1 is 1.47 bits per heavy atom. The molecule has 1 amide bonds. The number of aromatic nitrogens is 3. The van der Waals surface area contributed by atoms with E-state index in [-0.39, 0.29) is 5.82 Å². The lowest BCUT2D eigenvalue weighted by Crippen LogP contribution is -2.41. The van der Waals surface area contributed by atoms with E-state index in [4.69, 9.17) is 5.11 Å². The third kappa shape index (κ3) is 4.86. The number of carbonyl (C=O) groups excluding carboxylic acids is 1. The van der Waals surface area contributed by atoms with Gasteiger partial charge in [-0.2, -0.15) is 13.2 Å². The molecule has 0 saturated heterocycles. The number of amides is 1. The number of carbonyl (C=O) groups is 1. The lowest BCUT2D eigenvalue weighted by Gasteiger charge is -2.21. The minimum Gasteiger partial charge on any atom is -0.395 e. The van der Waals surface area contributed by atoms with Crippen molar-refractivity contribution in [1.82, 2.24) is 20.1 Å². The highest BCUT2D eigenvalue weighted by Gasteiger charge is 2.34. The summed E-state index contributed by atoms with van der Waals surface area (Å²) >= 11 is 0. The van der Waals surface area contributed by atoms with Gasteiger partial charge in [0.1, 0.15) is 12.4 Å². The first-order valence-corrected chi connectivity index (χ1v) is 5.75. The number of nitrogens with zero attached hydrogens (tertiary/aromatic N) is 3. The van der Waals surface area contributed by atoms with Gasteiger partial charge < -0.3 is 10.0 Å². The van der Waals surface area contributed by atoms with Crippen LogP contribution in [0.25, 0.3) is 0 Å². The van der Waals surface area contributed by atoms with Crippen molar-refractivity contribution in [3.63, 3.8) is 0 Å². The molecule has 19 heavy (non-hydrogen) atoms. The van der Waals surface area contributed by atoms with Crippen LogP contribution < -0.4 is 0 Å². The van der Waals surface area contributed by atoms with Gasteiger partial charge >= 0.3 is 6.18 Å². The second-order valence-corrected chi connectivity index (χ2v) is 3.92. The van der Waals surface area contributed by atoms with Crippen LogP contribution in [0.4, 0.5) is 13.2 Å². The number of halogens is 3. The predicted molar refractivity (Wildman–Crippen MR) is 59.4 cm³/mol. The molecule has 1 aromatic heterocycles. The van der Waals surface area contributed by atoms with E-state index in [0.29, 0.717) is 17.1 Å². The summed E-state index contributed by atoms with van der Waals surface area (Å²) in [6.45, 7) is -0.528. The summed E-state index contributed by atoms with van der Waals surface area (Å²) in [5.74, 6) is -0.826. The molecule has 1 rings (SSSR count). The molecule has 6 nitrogen and oxygen atoms in total. The minimum atomic E-state index is -4.53. The number of aromatic amines is 1. The fourth-order valence-electron chi connectivity index (χ4n) is 1.47. The average Bonchev–Trinajstić information content (AvgIpc) is 2.75. The third-order valence-electron chi connectivity index (χ3n) is 2.24. The fraction of sp³-hybridized carbons (Fsp3) is 0.700. The molecule has 0 bridgehead atoms. The van der Waals surface area contributed by atoms with Crippen LogP contribution in [0.15, 0.2) is 0 Å². The number of rotatable bonds is 6. The number of nitrogens with one attached hydrogen (secondary N) is 1. The topological polar surface area (TPSA) is 82.1 Å². The molecule has 0 aromatic carbocycles. The van der Waals surface area contributed by atoms with Crippen molar-refractivity contribution >= 4 is 5.91 Å². The van der Waals surface area contributed by atoms with Crippen molar-refractivity contribution in [2.24, 2.45) is 0 Å². The van der Waals surface area contributed by atoms with Gasteiger partial charge in [-0.1, -0.05) is 6.92 Å². The molecule has 1 aromatic rings. The van der Waals surface area contributed by atoms with E-state index in [9.17, 15) is 18.0 Å². The standard InChI is InChI=1S/C10H15F3N4O2/c1-2-3-7-14-8(16-15-7)9(19)17(4-5-18)6-10(11,12)13/h18H,2-6H2,1H3,(H,14,15,16). The van der Waals surface area contributed by atoms with Crippen LogP contribution in [0.5, 0.6) is 0 Å². The van der Waals surface area contributed by atoms with Crippen molar-refractivity contribution in [1.29, 1.82) is 0 Å². The Labute approximate surface area is 107 Å². The Balaban J connectivity index is 2.79. The van der Waals surface area contributed by atoms with Crippen LogP contribution in [-0.2, 0) is 6.42 Å². The maximum Gasteiger partial charge on any atom is 0.406 e. The summed E-state index contributed by atoms with van der Waals surface area (Å²) in [6.07, 6.45) is -3.21. The molecular weight excluding hydrogens is 265 g/mol. The van der Waals surface area contributed by atoms with Crippen LogP contribution in [0, 0.1) is 0 Å². The zero-order valence-electron chi connectivity index (χ0n) is 10.4. The third-order valence-corrected chi connectivity index (χ3v) is 2.24. The highest BCUT2D eigenvalue weighted by Crippen LogP contribution is 2.17. The lowest BCUT2D eigenvalue weighted by molar-refractivity contribution is -0.141. The van der Waals surface area contributed by atoms with E-state index in [2.05, 4.69) is 15.2 Å². The van der Waals surface area contributed by atoms with Gasteiger partial charge in [-0.3, -0.25) is 9.89 Å². The number of hydrogen-bond donors (Lipinski definition) is 2. The maximum absolute atomic E-state index is 12.3. The van der Waals surface area contributed by atoms with Gasteiger partial charge in [0.2, 0.25) is 5.82 Å². The van der Waals surface area contributed by atoms with Crippen LogP contribution in [0.3, 0.4) is 0 Å². The number of alkyl halides is 3. The van der Waals surface area contributed by atoms with Gasteiger partial charge in [0.15, 0.2) is 0 Å². The van der Waals surface area contributed by atoms with Crippen LogP contribution in [0.1, 0.15) is 29.8 Å². The molecule has 9 heteroatoms. The van der Waals surface area contributed by atoms with E-state index in [1.807, 2.05) is 6.92 Å². The molecule has 0 spiro atoms. The molecule has 0 fully saturated rings. The van der Waals surface area contributed by atoms with Crippen LogP contribution >= 0.6 is 0 Å². The Kier molecular flexibility index (Phi) is 5.28. The number of aryl methyl sites for hydroxylation is 1. The highest BCUT2D eigenvalue weighted by atomic mass is 19.4. The van der Waals surface area contributed by atoms with Crippen LogP contribution in [-0.4, -0.2) is 57.0 Å². The number of hydrogen-bond acceptors (Lipinski definition) is 4. The van der Waals surface area contributed by atoms with Gasteiger partial charge in [-0.15, -0.1) is 5.10 Å². The molecular formula is C10H15F3N4O2. The van der Waals surface area contributed by atoms with Crippen LogP contribution in [0.2, 0.25) is 0 Å². The van der Waals surface area contributed by atoms with Gasteiger partial charge in [0.05, 0.1) is 6.61 Å². The number of aliphatic hydroxyl groups excluding tert-OH is 1. The molecule has 0 atom stereocenters. The first-order chi connectivity index (χ1) is 8.87. The monoisotopic (exact) mass is 280 g/mol. The van der Waals surface area contributed by atoms with E-state index in [1.54, 1.807) is 0 Å². The zero-order chi connectivity index (χ0) is 14.5. The largest absolute Gasteiger partial charge is 0.406 e. The first-order valence-electron chi connectivity index (χ1n) is 5.75. The SMILES string of the molecule is CCCc1nc(C(=O)N(CCO)CC(F)(F)F)n[nH]1. The Hall–Kier alpha value is -1.64. The molecule has 0 radical (unpaired) electrons. The predicted octanol–water partition coefficient (Wildman–Crippen LogP) is 0.754. The summed E-state index contributed by atoms with van der Waals surface area (Å²) in [6, 6.07) is 0. The smallest absolute Gasteiger partial charge is 0.395 e. The summed E-state index contributed by atoms with van der Waals surface area (Å²) in [7, 11) is 0. The Bertz CT molecular complexity index is 419. The summed E-state index contributed by atoms with van der Waals surface area (Å²) < 4.78 is 36.9. The molecule has 108 valence electrons. The molecule has 0 unspecified atom stereocenters. The van der Waals surface area contributed by atoms with E-state index in [0.717, 1.165) is 6.42 Å². The fourth-order valence-corrected chi connectivity index (χ4v) is 1.47. The summed E-state index contributed by atoms with van der Waals surface area (Å²) in [4.78, 5) is 16.1.